The maximum absolute atomic E-state index is 12.0. The number of likely N-dealkylation sites (tertiary alicyclic amines) is 1. The summed E-state index contributed by atoms with van der Waals surface area (Å²) in [6, 6.07) is 22.8. The third-order valence-corrected chi connectivity index (χ3v) is 5.67. The van der Waals surface area contributed by atoms with Crippen LogP contribution in [0.5, 0.6) is 0 Å². The molecule has 138 valence electrons. The zero-order valence-corrected chi connectivity index (χ0v) is 15.6. The molecule has 4 rings (SSSR count). The minimum absolute atomic E-state index is 0.0573. The summed E-state index contributed by atoms with van der Waals surface area (Å²) in [6.07, 6.45) is 2.73. The number of rotatable bonds is 4. The summed E-state index contributed by atoms with van der Waals surface area (Å²) < 4.78 is 0. The van der Waals surface area contributed by atoms with Gasteiger partial charge in [0.05, 0.1) is 6.04 Å². The fourth-order valence-electron chi connectivity index (χ4n) is 4.32. The number of benzene rings is 3. The topological polar surface area (TPSA) is 40.5 Å². The largest absolute Gasteiger partial charge is 0.480 e. The van der Waals surface area contributed by atoms with Crippen LogP contribution in [0.15, 0.2) is 66.7 Å². The fraction of sp³-hybridized carbons (Fsp3) is 0.292. The van der Waals surface area contributed by atoms with E-state index in [1.165, 1.54) is 21.9 Å². The second-order valence-corrected chi connectivity index (χ2v) is 7.47. The molecule has 0 aromatic heterocycles. The average molecular weight is 359 g/mol. The van der Waals surface area contributed by atoms with Crippen molar-refractivity contribution >= 4 is 16.7 Å². The Labute approximate surface area is 160 Å². The molecule has 2 unspecified atom stereocenters. The summed E-state index contributed by atoms with van der Waals surface area (Å²) in [7, 11) is 0. The maximum Gasteiger partial charge on any atom is 0.320 e. The van der Waals surface area contributed by atoms with Crippen molar-refractivity contribution in [2.75, 3.05) is 6.54 Å². The van der Waals surface area contributed by atoms with Crippen LogP contribution in [0, 0.1) is 6.92 Å². The van der Waals surface area contributed by atoms with Crippen LogP contribution in [0.25, 0.3) is 10.8 Å². The molecule has 0 saturated carbocycles. The summed E-state index contributed by atoms with van der Waals surface area (Å²) in [4.78, 5) is 14.2. The summed E-state index contributed by atoms with van der Waals surface area (Å²) >= 11 is 0. The monoisotopic (exact) mass is 359 g/mol. The van der Waals surface area contributed by atoms with E-state index in [4.69, 9.17) is 0 Å². The molecule has 1 aliphatic heterocycles. The Morgan fingerprint density at radius 2 is 1.74 bits per heavy atom. The van der Waals surface area contributed by atoms with Crippen LogP contribution in [0.2, 0.25) is 0 Å². The van der Waals surface area contributed by atoms with Gasteiger partial charge in [-0.3, -0.25) is 9.69 Å². The van der Waals surface area contributed by atoms with Crippen molar-refractivity contribution < 1.29 is 9.90 Å². The number of carboxylic acid groups (broad SMARTS) is 1. The molecule has 1 N–H and O–H groups in total. The summed E-state index contributed by atoms with van der Waals surface area (Å²) in [6.45, 7) is 2.89. The van der Waals surface area contributed by atoms with Gasteiger partial charge in [-0.15, -0.1) is 0 Å². The highest BCUT2D eigenvalue weighted by molar-refractivity contribution is 5.86. The number of fused-ring (bicyclic) bond motifs is 1. The van der Waals surface area contributed by atoms with Gasteiger partial charge in [-0.1, -0.05) is 78.7 Å². The van der Waals surface area contributed by atoms with Crippen molar-refractivity contribution in [3.05, 3.63) is 83.4 Å². The SMILES string of the molecule is Cc1ccc(C(c2cccc3ccccc23)N2CCCCC2C(=O)O)cc1. The van der Waals surface area contributed by atoms with Crippen LogP contribution in [-0.4, -0.2) is 28.6 Å². The Hall–Kier alpha value is -2.65. The standard InChI is InChI=1S/C24H25NO2/c1-17-12-14-19(15-13-17)23(25-16-5-4-11-22(25)24(26)27)21-10-6-8-18-7-2-3-9-20(18)21/h2-3,6-10,12-15,22-23H,4-5,11,16H2,1H3,(H,26,27). The van der Waals surface area contributed by atoms with Gasteiger partial charge in [0, 0.05) is 0 Å². The molecule has 1 heterocycles. The number of carbonyl (C=O) groups is 1. The number of aliphatic carboxylic acids is 1. The smallest absolute Gasteiger partial charge is 0.320 e. The fourth-order valence-corrected chi connectivity index (χ4v) is 4.32. The van der Waals surface area contributed by atoms with Gasteiger partial charge >= 0.3 is 5.97 Å². The molecule has 0 amide bonds. The number of carboxylic acids is 1. The van der Waals surface area contributed by atoms with Gasteiger partial charge in [0.2, 0.25) is 0 Å². The minimum Gasteiger partial charge on any atom is -0.480 e. The van der Waals surface area contributed by atoms with Crippen LogP contribution >= 0.6 is 0 Å². The molecule has 1 aliphatic rings. The zero-order valence-electron chi connectivity index (χ0n) is 15.6. The molecule has 3 nitrogen and oxygen atoms in total. The Bertz CT molecular complexity index is 943. The molecule has 3 aromatic rings. The quantitative estimate of drug-likeness (QED) is 0.698. The summed E-state index contributed by atoms with van der Waals surface area (Å²) in [5, 5.41) is 12.3. The van der Waals surface area contributed by atoms with Gasteiger partial charge in [-0.2, -0.15) is 0 Å². The highest BCUT2D eigenvalue weighted by Gasteiger charge is 2.35. The van der Waals surface area contributed by atoms with Crippen LogP contribution in [0.1, 0.15) is 42.0 Å². The molecule has 1 saturated heterocycles. The van der Waals surface area contributed by atoms with E-state index in [0.717, 1.165) is 24.9 Å². The van der Waals surface area contributed by atoms with Crippen LogP contribution in [-0.2, 0) is 4.79 Å². The molecule has 3 aromatic carbocycles. The third kappa shape index (κ3) is 3.47. The van der Waals surface area contributed by atoms with Gasteiger partial charge < -0.3 is 5.11 Å². The van der Waals surface area contributed by atoms with Crippen molar-refractivity contribution in [1.82, 2.24) is 4.90 Å². The second-order valence-electron chi connectivity index (χ2n) is 7.47. The third-order valence-electron chi connectivity index (χ3n) is 5.67. The first-order chi connectivity index (χ1) is 13.1. The predicted molar refractivity (Wildman–Crippen MR) is 109 cm³/mol. The highest BCUT2D eigenvalue weighted by atomic mass is 16.4. The van der Waals surface area contributed by atoms with Gasteiger partial charge in [-0.05, 0) is 48.2 Å². The van der Waals surface area contributed by atoms with Crippen molar-refractivity contribution in [2.24, 2.45) is 0 Å². The zero-order chi connectivity index (χ0) is 18.8. The van der Waals surface area contributed by atoms with Crippen LogP contribution < -0.4 is 0 Å². The molecule has 0 radical (unpaired) electrons. The lowest BCUT2D eigenvalue weighted by molar-refractivity contribution is -0.145. The van der Waals surface area contributed by atoms with E-state index in [-0.39, 0.29) is 6.04 Å². The van der Waals surface area contributed by atoms with Gasteiger partial charge in [0.15, 0.2) is 0 Å². The Morgan fingerprint density at radius 3 is 2.52 bits per heavy atom. The van der Waals surface area contributed by atoms with Gasteiger partial charge in [0.1, 0.15) is 6.04 Å². The van der Waals surface area contributed by atoms with Gasteiger partial charge in [0.25, 0.3) is 0 Å². The number of hydrogen-bond acceptors (Lipinski definition) is 2. The average Bonchev–Trinajstić information content (AvgIpc) is 2.70. The van der Waals surface area contributed by atoms with E-state index in [0.29, 0.717) is 6.42 Å². The maximum atomic E-state index is 12.0. The number of piperidine rings is 1. The van der Waals surface area contributed by atoms with E-state index in [2.05, 4.69) is 72.5 Å². The number of hydrogen-bond donors (Lipinski definition) is 1. The van der Waals surface area contributed by atoms with E-state index in [9.17, 15) is 9.90 Å². The molecular formula is C24H25NO2. The van der Waals surface area contributed by atoms with Crippen molar-refractivity contribution in [1.29, 1.82) is 0 Å². The number of nitrogens with zero attached hydrogens (tertiary/aromatic N) is 1. The molecule has 1 fully saturated rings. The molecule has 27 heavy (non-hydrogen) atoms. The first-order valence-corrected chi connectivity index (χ1v) is 9.68. The van der Waals surface area contributed by atoms with Gasteiger partial charge in [-0.25, -0.2) is 0 Å². The summed E-state index contributed by atoms with van der Waals surface area (Å²) in [5.41, 5.74) is 3.55. The summed E-state index contributed by atoms with van der Waals surface area (Å²) in [5.74, 6) is -0.716. The van der Waals surface area contributed by atoms with Crippen molar-refractivity contribution in [3.63, 3.8) is 0 Å². The molecular weight excluding hydrogens is 334 g/mol. The molecule has 0 spiro atoms. The molecule has 2 atom stereocenters. The first-order valence-electron chi connectivity index (χ1n) is 9.68. The first kappa shape index (κ1) is 17.7. The highest BCUT2D eigenvalue weighted by Crippen LogP contribution is 2.37. The van der Waals surface area contributed by atoms with Crippen molar-refractivity contribution in [2.45, 2.75) is 38.3 Å². The lowest BCUT2D eigenvalue weighted by atomic mass is 9.89. The van der Waals surface area contributed by atoms with E-state index < -0.39 is 12.0 Å². The molecule has 0 bridgehead atoms. The lowest BCUT2D eigenvalue weighted by Gasteiger charge is -2.40. The molecule has 3 heteroatoms. The van der Waals surface area contributed by atoms with E-state index in [1.807, 2.05) is 6.07 Å². The number of aryl methyl sites for hydroxylation is 1. The van der Waals surface area contributed by atoms with E-state index in [1.54, 1.807) is 0 Å². The second kappa shape index (κ2) is 7.53. The Balaban J connectivity index is 1.90. The van der Waals surface area contributed by atoms with Crippen molar-refractivity contribution in [3.8, 4) is 0 Å². The Morgan fingerprint density at radius 1 is 1.00 bits per heavy atom. The minimum atomic E-state index is -0.716. The van der Waals surface area contributed by atoms with Crippen LogP contribution in [0.3, 0.4) is 0 Å². The van der Waals surface area contributed by atoms with E-state index >= 15 is 0 Å². The normalized spacial score (nSPS) is 19.1. The Kier molecular flexibility index (Phi) is 4.95. The predicted octanol–water partition coefficient (Wildman–Crippen LogP) is 5.18. The van der Waals surface area contributed by atoms with Crippen LogP contribution in [0.4, 0.5) is 0 Å². The lowest BCUT2D eigenvalue weighted by Crippen LogP contribution is -2.46. The molecule has 0 aliphatic carbocycles.